The van der Waals surface area contributed by atoms with Crippen molar-refractivity contribution in [3.8, 4) is 0 Å². The van der Waals surface area contributed by atoms with E-state index in [1.54, 1.807) is 18.2 Å². The minimum Gasteiger partial charge on any atom is -0.386 e. The van der Waals surface area contributed by atoms with Crippen molar-refractivity contribution in [1.29, 1.82) is 0 Å². The summed E-state index contributed by atoms with van der Waals surface area (Å²) in [6.07, 6.45) is 1.11. The molecular formula is C24H34FIN4O. The molecule has 3 rings (SSSR count). The molecule has 0 radical (unpaired) electrons. The van der Waals surface area contributed by atoms with Gasteiger partial charge in [-0.3, -0.25) is 9.89 Å². The number of rotatable bonds is 7. The Hall–Kier alpha value is -1.71. The normalized spacial score (nSPS) is 16.5. The molecule has 7 heteroatoms. The number of hydrogen-bond donors (Lipinski definition) is 3. The Bertz CT molecular complexity index is 840. The zero-order chi connectivity index (χ0) is 21.3. The van der Waals surface area contributed by atoms with Crippen molar-refractivity contribution in [2.45, 2.75) is 45.4 Å². The Balaban J connectivity index is 0.00000341. The van der Waals surface area contributed by atoms with Gasteiger partial charge in [0.15, 0.2) is 5.96 Å². The lowest BCUT2D eigenvalue weighted by Crippen LogP contribution is -2.48. The molecule has 5 nitrogen and oxygen atoms in total. The molecule has 2 aromatic carbocycles. The maximum atomic E-state index is 13.9. The van der Waals surface area contributed by atoms with Crippen LogP contribution in [0.2, 0.25) is 0 Å². The van der Waals surface area contributed by atoms with Crippen molar-refractivity contribution in [3.05, 3.63) is 71.0 Å². The smallest absolute Gasteiger partial charge is 0.191 e. The fourth-order valence-electron chi connectivity index (χ4n) is 3.80. The summed E-state index contributed by atoms with van der Waals surface area (Å²) in [5.41, 5.74) is 3.01. The van der Waals surface area contributed by atoms with Crippen LogP contribution in [-0.4, -0.2) is 48.2 Å². The second-order valence-corrected chi connectivity index (χ2v) is 7.88. The minimum atomic E-state index is -0.961. The highest BCUT2D eigenvalue weighted by atomic mass is 127. The molecule has 170 valence electrons. The van der Waals surface area contributed by atoms with E-state index in [0.29, 0.717) is 12.0 Å². The van der Waals surface area contributed by atoms with Gasteiger partial charge >= 0.3 is 0 Å². The molecule has 0 aromatic heterocycles. The highest BCUT2D eigenvalue weighted by Crippen LogP contribution is 2.18. The molecule has 0 amide bonds. The van der Waals surface area contributed by atoms with Crippen LogP contribution in [0.3, 0.4) is 0 Å². The zero-order valence-electron chi connectivity index (χ0n) is 18.4. The molecule has 1 aliphatic heterocycles. The first-order valence-corrected chi connectivity index (χ1v) is 10.8. The fraction of sp³-hybridized carbons (Fsp3) is 0.458. The van der Waals surface area contributed by atoms with Crippen LogP contribution in [0.1, 0.15) is 42.6 Å². The van der Waals surface area contributed by atoms with Gasteiger partial charge in [-0.1, -0.05) is 42.5 Å². The van der Waals surface area contributed by atoms with Crippen molar-refractivity contribution in [1.82, 2.24) is 15.5 Å². The van der Waals surface area contributed by atoms with Crippen molar-refractivity contribution in [3.63, 3.8) is 0 Å². The van der Waals surface area contributed by atoms with Crippen LogP contribution in [0, 0.1) is 12.7 Å². The minimum absolute atomic E-state index is 0. The first-order chi connectivity index (χ1) is 14.6. The number of benzene rings is 2. The summed E-state index contributed by atoms with van der Waals surface area (Å²) in [5, 5.41) is 17.0. The quantitative estimate of drug-likeness (QED) is 0.282. The van der Waals surface area contributed by atoms with E-state index in [2.05, 4.69) is 51.7 Å². The van der Waals surface area contributed by atoms with Gasteiger partial charge in [-0.05, 0) is 43.9 Å². The van der Waals surface area contributed by atoms with Gasteiger partial charge in [-0.25, -0.2) is 4.39 Å². The zero-order valence-corrected chi connectivity index (χ0v) is 20.7. The number of halogens is 2. The highest BCUT2D eigenvalue weighted by molar-refractivity contribution is 14.0. The van der Waals surface area contributed by atoms with E-state index in [1.807, 2.05) is 6.92 Å². The van der Waals surface area contributed by atoms with Gasteiger partial charge in [0.1, 0.15) is 11.9 Å². The SMILES string of the molecule is CCNC(=NCC(O)c1ccccc1F)NC1CCN(Cc2ccccc2C)CC1.I. The van der Waals surface area contributed by atoms with Crippen LogP contribution in [0.15, 0.2) is 53.5 Å². The maximum absolute atomic E-state index is 13.9. The number of nitrogens with one attached hydrogen (secondary N) is 2. The number of aliphatic hydroxyl groups is 1. The Kier molecular flexibility index (Phi) is 10.7. The molecule has 0 spiro atoms. The van der Waals surface area contributed by atoms with Crippen LogP contribution < -0.4 is 10.6 Å². The van der Waals surface area contributed by atoms with Gasteiger partial charge < -0.3 is 15.7 Å². The summed E-state index contributed by atoms with van der Waals surface area (Å²) >= 11 is 0. The highest BCUT2D eigenvalue weighted by Gasteiger charge is 2.20. The molecule has 1 aliphatic rings. The summed E-state index contributed by atoms with van der Waals surface area (Å²) in [5.74, 6) is 0.268. The summed E-state index contributed by atoms with van der Waals surface area (Å²) in [7, 11) is 0. The fourth-order valence-corrected chi connectivity index (χ4v) is 3.80. The number of aliphatic hydroxyl groups excluding tert-OH is 1. The average molecular weight is 540 g/mol. The number of piperidine rings is 1. The molecule has 1 atom stereocenters. The van der Waals surface area contributed by atoms with Crippen molar-refractivity contribution >= 4 is 29.9 Å². The Labute approximate surface area is 202 Å². The first kappa shape index (κ1) is 25.5. The predicted molar refractivity (Wildman–Crippen MR) is 135 cm³/mol. The molecule has 1 fully saturated rings. The summed E-state index contributed by atoms with van der Waals surface area (Å²) in [6, 6.07) is 15.2. The van der Waals surface area contributed by atoms with Crippen molar-refractivity contribution < 1.29 is 9.50 Å². The molecule has 31 heavy (non-hydrogen) atoms. The van der Waals surface area contributed by atoms with Crippen LogP contribution in [0.5, 0.6) is 0 Å². The monoisotopic (exact) mass is 540 g/mol. The topological polar surface area (TPSA) is 59.9 Å². The summed E-state index contributed by atoms with van der Waals surface area (Å²) < 4.78 is 13.9. The third-order valence-electron chi connectivity index (χ3n) is 5.61. The molecule has 3 N–H and O–H groups in total. The van der Waals surface area contributed by atoms with Crippen LogP contribution in [0.4, 0.5) is 4.39 Å². The lowest BCUT2D eigenvalue weighted by molar-refractivity contribution is 0.181. The van der Waals surface area contributed by atoms with E-state index in [0.717, 1.165) is 39.0 Å². The van der Waals surface area contributed by atoms with Gasteiger partial charge in [-0.2, -0.15) is 0 Å². The molecule has 0 bridgehead atoms. The van der Waals surface area contributed by atoms with Gasteiger partial charge in [0.25, 0.3) is 0 Å². The van der Waals surface area contributed by atoms with Crippen molar-refractivity contribution in [2.24, 2.45) is 4.99 Å². The lowest BCUT2D eigenvalue weighted by atomic mass is 10.0. The van der Waals surface area contributed by atoms with E-state index >= 15 is 0 Å². The number of hydrogen-bond acceptors (Lipinski definition) is 3. The van der Waals surface area contributed by atoms with E-state index in [-0.39, 0.29) is 36.1 Å². The number of likely N-dealkylation sites (tertiary alicyclic amines) is 1. The van der Waals surface area contributed by atoms with Crippen molar-refractivity contribution in [2.75, 3.05) is 26.2 Å². The predicted octanol–water partition coefficient (Wildman–Crippen LogP) is 4.01. The Morgan fingerprint density at radius 3 is 2.52 bits per heavy atom. The lowest BCUT2D eigenvalue weighted by Gasteiger charge is -2.33. The molecule has 0 saturated carbocycles. The molecule has 1 heterocycles. The summed E-state index contributed by atoms with van der Waals surface area (Å²) in [4.78, 5) is 6.98. The molecule has 1 unspecified atom stereocenters. The maximum Gasteiger partial charge on any atom is 0.191 e. The second kappa shape index (κ2) is 13.0. The Morgan fingerprint density at radius 2 is 1.84 bits per heavy atom. The first-order valence-electron chi connectivity index (χ1n) is 10.8. The van der Waals surface area contributed by atoms with Gasteiger partial charge in [-0.15, -0.1) is 24.0 Å². The molecule has 1 saturated heterocycles. The second-order valence-electron chi connectivity index (χ2n) is 7.88. The Morgan fingerprint density at radius 1 is 1.16 bits per heavy atom. The third-order valence-corrected chi connectivity index (χ3v) is 5.61. The molecule has 2 aromatic rings. The van der Waals surface area contributed by atoms with Gasteiger partial charge in [0.2, 0.25) is 0 Å². The molecular weight excluding hydrogens is 506 g/mol. The number of aliphatic imine (C=N–C) groups is 1. The van der Waals surface area contributed by atoms with Gasteiger partial charge in [0, 0.05) is 37.8 Å². The van der Waals surface area contributed by atoms with Crippen LogP contribution >= 0.6 is 24.0 Å². The van der Waals surface area contributed by atoms with E-state index in [4.69, 9.17) is 0 Å². The standard InChI is InChI=1S/C24H33FN4O.HI/c1-3-26-24(27-16-23(30)21-10-6-7-11-22(21)25)28-20-12-14-29(15-13-20)17-19-9-5-4-8-18(19)2;/h4-11,20,23,30H,3,12-17H2,1-2H3,(H2,26,27,28);1H. The van der Waals surface area contributed by atoms with Gasteiger partial charge in [0.05, 0.1) is 6.54 Å². The van der Waals surface area contributed by atoms with E-state index in [1.165, 1.54) is 17.2 Å². The van der Waals surface area contributed by atoms with E-state index in [9.17, 15) is 9.50 Å². The van der Waals surface area contributed by atoms with E-state index < -0.39 is 11.9 Å². The van der Waals surface area contributed by atoms with Crippen LogP contribution in [0.25, 0.3) is 0 Å². The average Bonchev–Trinajstić information content (AvgIpc) is 2.75. The molecule has 0 aliphatic carbocycles. The largest absolute Gasteiger partial charge is 0.386 e. The number of aryl methyl sites for hydroxylation is 1. The third kappa shape index (κ3) is 7.73. The van der Waals surface area contributed by atoms with Crippen LogP contribution in [-0.2, 0) is 6.54 Å². The number of guanidine groups is 1. The summed E-state index contributed by atoms with van der Waals surface area (Å²) in [6.45, 7) is 8.07. The number of nitrogens with zero attached hydrogens (tertiary/aromatic N) is 2.